The second-order valence-corrected chi connectivity index (χ2v) is 5.82. The van der Waals surface area contributed by atoms with Gasteiger partial charge in [0, 0.05) is 23.7 Å². The van der Waals surface area contributed by atoms with Gasteiger partial charge in [-0.1, -0.05) is 17.7 Å². The Bertz CT molecular complexity index is 701. The van der Waals surface area contributed by atoms with Gasteiger partial charge in [-0.25, -0.2) is 0 Å². The van der Waals surface area contributed by atoms with Crippen LogP contribution in [0, 0.1) is 13.8 Å². The number of carbonyl (C=O) groups excluding carboxylic acids is 1. The Morgan fingerprint density at radius 2 is 1.91 bits per heavy atom. The van der Waals surface area contributed by atoms with Crippen molar-refractivity contribution in [2.45, 2.75) is 20.3 Å². The van der Waals surface area contributed by atoms with Gasteiger partial charge in [-0.3, -0.25) is 4.79 Å². The molecule has 0 aliphatic heterocycles. The van der Waals surface area contributed by atoms with Crippen molar-refractivity contribution in [1.82, 2.24) is 0 Å². The van der Waals surface area contributed by atoms with Crippen LogP contribution < -0.4 is 15.4 Å². The molecule has 0 saturated heterocycles. The summed E-state index contributed by atoms with van der Waals surface area (Å²) in [6.07, 6.45) is 0.360. The van der Waals surface area contributed by atoms with Gasteiger partial charge in [0.25, 0.3) is 0 Å². The van der Waals surface area contributed by atoms with E-state index in [4.69, 9.17) is 16.3 Å². The van der Waals surface area contributed by atoms with Crippen molar-refractivity contribution in [2.75, 3.05) is 24.3 Å². The highest BCUT2D eigenvalue weighted by atomic mass is 35.5. The Labute approximate surface area is 141 Å². The number of methoxy groups -OCH3 is 1. The average molecular weight is 333 g/mol. The molecule has 0 aliphatic rings. The first-order chi connectivity index (χ1) is 11.0. The summed E-state index contributed by atoms with van der Waals surface area (Å²) >= 11 is 5.93. The highest BCUT2D eigenvalue weighted by Crippen LogP contribution is 2.25. The number of benzene rings is 2. The van der Waals surface area contributed by atoms with E-state index in [9.17, 15) is 4.79 Å². The monoisotopic (exact) mass is 332 g/mol. The summed E-state index contributed by atoms with van der Waals surface area (Å²) in [5.74, 6) is 0.596. The molecular weight excluding hydrogens is 312 g/mol. The van der Waals surface area contributed by atoms with E-state index in [1.165, 1.54) is 0 Å². The highest BCUT2D eigenvalue weighted by Gasteiger charge is 2.08. The number of anilines is 2. The molecule has 0 fully saturated rings. The first-order valence-electron chi connectivity index (χ1n) is 7.44. The van der Waals surface area contributed by atoms with E-state index in [2.05, 4.69) is 10.6 Å². The molecule has 2 N–H and O–H groups in total. The van der Waals surface area contributed by atoms with Gasteiger partial charge in [0.15, 0.2) is 0 Å². The molecule has 0 saturated carbocycles. The SMILES string of the molecule is COc1ccc(C)cc1NC(=O)CCNc1ccc(Cl)cc1C. The molecule has 0 bridgehead atoms. The summed E-state index contributed by atoms with van der Waals surface area (Å²) in [5.41, 5.74) is 3.80. The van der Waals surface area contributed by atoms with Crippen LogP contribution in [0.15, 0.2) is 36.4 Å². The summed E-state index contributed by atoms with van der Waals surface area (Å²) in [7, 11) is 1.59. The minimum Gasteiger partial charge on any atom is -0.495 e. The average Bonchev–Trinajstić information content (AvgIpc) is 2.50. The molecule has 0 radical (unpaired) electrons. The molecule has 0 aromatic heterocycles. The minimum atomic E-state index is -0.0620. The zero-order chi connectivity index (χ0) is 16.8. The summed E-state index contributed by atoms with van der Waals surface area (Å²) in [6.45, 7) is 4.49. The summed E-state index contributed by atoms with van der Waals surface area (Å²) in [5, 5.41) is 6.84. The third-order valence-electron chi connectivity index (χ3n) is 3.49. The summed E-state index contributed by atoms with van der Waals surface area (Å²) < 4.78 is 5.26. The predicted molar refractivity (Wildman–Crippen MR) is 95.7 cm³/mol. The molecule has 0 heterocycles. The molecule has 2 aromatic carbocycles. The zero-order valence-corrected chi connectivity index (χ0v) is 14.3. The number of carbonyl (C=O) groups is 1. The third kappa shape index (κ3) is 4.89. The summed E-state index contributed by atoms with van der Waals surface area (Å²) in [4.78, 5) is 12.1. The fourth-order valence-electron chi connectivity index (χ4n) is 2.27. The second kappa shape index (κ2) is 7.88. The van der Waals surface area contributed by atoms with Crippen molar-refractivity contribution in [1.29, 1.82) is 0 Å². The highest BCUT2D eigenvalue weighted by molar-refractivity contribution is 6.30. The Morgan fingerprint density at radius 3 is 2.61 bits per heavy atom. The molecule has 4 nitrogen and oxygen atoms in total. The van der Waals surface area contributed by atoms with Gasteiger partial charge in [-0.2, -0.15) is 0 Å². The van der Waals surface area contributed by atoms with E-state index in [0.717, 1.165) is 16.8 Å². The van der Waals surface area contributed by atoms with Crippen LogP contribution in [0.1, 0.15) is 17.5 Å². The number of nitrogens with one attached hydrogen (secondary N) is 2. The quantitative estimate of drug-likeness (QED) is 0.824. The molecule has 2 aromatic rings. The van der Waals surface area contributed by atoms with Gasteiger partial charge in [0.2, 0.25) is 5.91 Å². The van der Waals surface area contributed by atoms with E-state index in [1.54, 1.807) is 7.11 Å². The molecule has 2 rings (SSSR count). The fourth-order valence-corrected chi connectivity index (χ4v) is 2.49. The number of hydrogen-bond acceptors (Lipinski definition) is 3. The maximum Gasteiger partial charge on any atom is 0.226 e. The molecule has 0 aliphatic carbocycles. The van der Waals surface area contributed by atoms with Crippen LogP contribution in [-0.4, -0.2) is 19.6 Å². The first-order valence-corrected chi connectivity index (χ1v) is 7.82. The largest absolute Gasteiger partial charge is 0.495 e. The lowest BCUT2D eigenvalue weighted by molar-refractivity contribution is -0.116. The lowest BCUT2D eigenvalue weighted by atomic mass is 10.2. The van der Waals surface area contributed by atoms with E-state index in [-0.39, 0.29) is 5.91 Å². The molecule has 0 unspecified atom stereocenters. The Kier molecular flexibility index (Phi) is 5.88. The number of amides is 1. The van der Waals surface area contributed by atoms with E-state index < -0.39 is 0 Å². The van der Waals surface area contributed by atoms with Crippen LogP contribution in [-0.2, 0) is 4.79 Å². The lowest BCUT2D eigenvalue weighted by Gasteiger charge is -2.12. The second-order valence-electron chi connectivity index (χ2n) is 5.39. The molecule has 23 heavy (non-hydrogen) atoms. The maximum absolute atomic E-state index is 12.1. The van der Waals surface area contributed by atoms with Crippen LogP contribution in [0.3, 0.4) is 0 Å². The molecule has 0 atom stereocenters. The Hall–Kier alpha value is -2.20. The van der Waals surface area contributed by atoms with Gasteiger partial charge >= 0.3 is 0 Å². The Morgan fingerprint density at radius 1 is 1.13 bits per heavy atom. The number of rotatable bonds is 6. The number of ether oxygens (including phenoxy) is 1. The molecule has 122 valence electrons. The van der Waals surface area contributed by atoms with Crippen molar-refractivity contribution in [2.24, 2.45) is 0 Å². The maximum atomic E-state index is 12.1. The number of aryl methyl sites for hydroxylation is 2. The van der Waals surface area contributed by atoms with Gasteiger partial charge in [-0.05, 0) is 55.3 Å². The van der Waals surface area contributed by atoms with E-state index in [0.29, 0.717) is 29.4 Å². The summed E-state index contributed by atoms with van der Waals surface area (Å²) in [6, 6.07) is 11.3. The van der Waals surface area contributed by atoms with Crippen LogP contribution in [0.2, 0.25) is 5.02 Å². The van der Waals surface area contributed by atoms with Gasteiger partial charge in [0.05, 0.1) is 12.8 Å². The predicted octanol–water partition coefficient (Wildman–Crippen LogP) is 4.41. The zero-order valence-electron chi connectivity index (χ0n) is 13.6. The van der Waals surface area contributed by atoms with Crippen LogP contribution in [0.25, 0.3) is 0 Å². The van der Waals surface area contributed by atoms with Gasteiger partial charge in [-0.15, -0.1) is 0 Å². The standard InChI is InChI=1S/C18H21ClN2O2/c1-12-4-7-17(23-3)16(10-12)21-18(22)8-9-20-15-6-5-14(19)11-13(15)2/h4-7,10-11,20H,8-9H2,1-3H3,(H,21,22). The molecular formula is C18H21ClN2O2. The first kappa shape index (κ1) is 17.2. The normalized spacial score (nSPS) is 10.3. The van der Waals surface area contributed by atoms with E-state index >= 15 is 0 Å². The molecule has 1 amide bonds. The van der Waals surface area contributed by atoms with Crippen molar-refractivity contribution < 1.29 is 9.53 Å². The van der Waals surface area contributed by atoms with Crippen LogP contribution >= 0.6 is 11.6 Å². The number of hydrogen-bond donors (Lipinski definition) is 2. The van der Waals surface area contributed by atoms with Crippen LogP contribution in [0.5, 0.6) is 5.75 Å². The topological polar surface area (TPSA) is 50.4 Å². The minimum absolute atomic E-state index is 0.0620. The van der Waals surface area contributed by atoms with Crippen molar-refractivity contribution >= 4 is 28.9 Å². The van der Waals surface area contributed by atoms with Crippen molar-refractivity contribution in [3.63, 3.8) is 0 Å². The number of halogens is 1. The fraction of sp³-hybridized carbons (Fsp3) is 0.278. The third-order valence-corrected chi connectivity index (χ3v) is 3.72. The molecule has 5 heteroatoms. The van der Waals surface area contributed by atoms with E-state index in [1.807, 2.05) is 50.2 Å². The lowest BCUT2D eigenvalue weighted by Crippen LogP contribution is -2.17. The van der Waals surface area contributed by atoms with Crippen molar-refractivity contribution in [3.05, 3.63) is 52.5 Å². The van der Waals surface area contributed by atoms with Gasteiger partial charge < -0.3 is 15.4 Å². The smallest absolute Gasteiger partial charge is 0.226 e. The van der Waals surface area contributed by atoms with Gasteiger partial charge in [0.1, 0.15) is 5.75 Å². The Balaban J connectivity index is 1.89. The molecule has 0 spiro atoms. The van der Waals surface area contributed by atoms with Crippen molar-refractivity contribution in [3.8, 4) is 5.75 Å². The van der Waals surface area contributed by atoms with Crippen LogP contribution in [0.4, 0.5) is 11.4 Å².